The van der Waals surface area contributed by atoms with Crippen molar-refractivity contribution < 1.29 is 18.7 Å². The number of carbonyl (C=O) groups is 1. The Morgan fingerprint density at radius 2 is 1.95 bits per heavy atom. The van der Waals surface area contributed by atoms with E-state index in [1.807, 2.05) is 0 Å². The molecule has 106 valence electrons. The van der Waals surface area contributed by atoms with E-state index in [9.17, 15) is 9.18 Å². The van der Waals surface area contributed by atoms with Crippen LogP contribution in [0.5, 0.6) is 11.5 Å². The Hall–Kier alpha value is -2.82. The number of rotatable bonds is 3. The van der Waals surface area contributed by atoms with E-state index in [0.717, 1.165) is 0 Å². The summed E-state index contributed by atoms with van der Waals surface area (Å²) in [6, 6.07) is 11.4. The minimum Gasteiger partial charge on any atom is -0.454 e. The molecule has 0 unspecified atom stereocenters. The molecule has 2 aromatic rings. The average Bonchev–Trinajstić information content (AvgIpc) is 2.94. The summed E-state index contributed by atoms with van der Waals surface area (Å²) in [4.78, 5) is 11.8. The lowest BCUT2D eigenvalue weighted by Gasteiger charge is -2.03. The lowest BCUT2D eigenvalue weighted by Crippen LogP contribution is -2.07. The second-order valence-corrected chi connectivity index (χ2v) is 4.41. The molecule has 5 heteroatoms. The topological polar surface area (TPSA) is 47.6 Å². The zero-order chi connectivity index (χ0) is 14.7. The average molecular weight is 285 g/mol. The lowest BCUT2D eigenvalue weighted by atomic mass is 10.2. The number of nitrogens with one attached hydrogen (secondary N) is 1. The number of anilines is 1. The molecular formula is C16H12FNO3. The lowest BCUT2D eigenvalue weighted by molar-refractivity contribution is -0.111. The van der Waals surface area contributed by atoms with Crippen molar-refractivity contribution in [3.05, 3.63) is 59.9 Å². The molecule has 0 radical (unpaired) electrons. The van der Waals surface area contributed by atoms with E-state index in [4.69, 9.17) is 9.47 Å². The van der Waals surface area contributed by atoms with E-state index < -0.39 is 0 Å². The van der Waals surface area contributed by atoms with Crippen molar-refractivity contribution in [3.8, 4) is 11.5 Å². The molecule has 0 atom stereocenters. The summed E-state index contributed by atoms with van der Waals surface area (Å²) >= 11 is 0. The van der Waals surface area contributed by atoms with Crippen LogP contribution in [0.15, 0.2) is 48.5 Å². The maximum atomic E-state index is 13.4. The van der Waals surface area contributed by atoms with E-state index >= 15 is 0 Å². The Balaban J connectivity index is 1.68. The number of halogens is 1. The van der Waals surface area contributed by atoms with Crippen molar-refractivity contribution in [1.82, 2.24) is 0 Å². The molecule has 3 rings (SSSR count). The van der Waals surface area contributed by atoms with Gasteiger partial charge in [-0.2, -0.15) is 0 Å². The first kappa shape index (κ1) is 13.2. The molecule has 0 aromatic heterocycles. The number of hydrogen-bond donors (Lipinski definition) is 1. The Morgan fingerprint density at radius 1 is 1.14 bits per heavy atom. The van der Waals surface area contributed by atoms with E-state index in [1.165, 1.54) is 18.2 Å². The Labute approximate surface area is 120 Å². The smallest absolute Gasteiger partial charge is 0.248 e. The summed E-state index contributed by atoms with van der Waals surface area (Å²) in [6.07, 6.45) is 2.71. The third-order valence-electron chi connectivity index (χ3n) is 2.96. The first-order chi connectivity index (χ1) is 10.2. The fourth-order valence-corrected chi connectivity index (χ4v) is 1.93. The van der Waals surface area contributed by atoms with Crippen LogP contribution in [0.4, 0.5) is 10.1 Å². The third-order valence-corrected chi connectivity index (χ3v) is 2.96. The van der Waals surface area contributed by atoms with Gasteiger partial charge in [-0.15, -0.1) is 0 Å². The number of ether oxygens (including phenoxy) is 2. The molecular weight excluding hydrogens is 273 g/mol. The summed E-state index contributed by atoms with van der Waals surface area (Å²) < 4.78 is 23.8. The molecule has 2 aromatic carbocycles. The predicted octanol–water partition coefficient (Wildman–Crippen LogP) is 3.21. The standard InChI is InChI=1S/C16H12FNO3/c17-13-4-2-1-3-11(13)5-8-16(19)18-12-6-7-14-15(9-12)21-10-20-14/h1-9H,10H2,(H,18,19)/b8-5+. The molecule has 21 heavy (non-hydrogen) atoms. The highest BCUT2D eigenvalue weighted by Gasteiger charge is 2.13. The molecule has 1 aliphatic heterocycles. The van der Waals surface area contributed by atoms with Crippen molar-refractivity contribution in [1.29, 1.82) is 0 Å². The van der Waals surface area contributed by atoms with Gasteiger partial charge in [0, 0.05) is 23.4 Å². The van der Waals surface area contributed by atoms with Crippen molar-refractivity contribution in [2.75, 3.05) is 12.1 Å². The van der Waals surface area contributed by atoms with Gasteiger partial charge in [-0.3, -0.25) is 4.79 Å². The van der Waals surface area contributed by atoms with Gasteiger partial charge in [0.1, 0.15) is 5.82 Å². The van der Waals surface area contributed by atoms with Crippen LogP contribution in [0, 0.1) is 5.82 Å². The van der Waals surface area contributed by atoms with Crippen LogP contribution < -0.4 is 14.8 Å². The van der Waals surface area contributed by atoms with Crippen molar-refractivity contribution in [2.45, 2.75) is 0 Å². The second-order valence-electron chi connectivity index (χ2n) is 4.41. The molecule has 1 heterocycles. The van der Waals surface area contributed by atoms with Gasteiger partial charge in [0.25, 0.3) is 0 Å². The van der Waals surface area contributed by atoms with Crippen molar-refractivity contribution in [3.63, 3.8) is 0 Å². The van der Waals surface area contributed by atoms with Gasteiger partial charge in [0.2, 0.25) is 12.7 Å². The van der Waals surface area contributed by atoms with Crippen molar-refractivity contribution in [2.24, 2.45) is 0 Å². The van der Waals surface area contributed by atoms with Gasteiger partial charge in [-0.05, 0) is 24.3 Å². The van der Waals surface area contributed by atoms with E-state index in [2.05, 4.69) is 5.32 Å². The largest absolute Gasteiger partial charge is 0.454 e. The molecule has 0 aliphatic carbocycles. The fraction of sp³-hybridized carbons (Fsp3) is 0.0625. The van der Waals surface area contributed by atoms with Crippen LogP contribution in [0.3, 0.4) is 0 Å². The number of fused-ring (bicyclic) bond motifs is 1. The number of hydrogen-bond acceptors (Lipinski definition) is 3. The maximum absolute atomic E-state index is 13.4. The summed E-state index contributed by atoms with van der Waals surface area (Å²) in [5.41, 5.74) is 0.945. The molecule has 0 saturated carbocycles. The Bertz CT molecular complexity index is 712. The normalized spacial score (nSPS) is 12.6. The minimum absolute atomic E-state index is 0.180. The van der Waals surface area contributed by atoms with Crippen LogP contribution >= 0.6 is 0 Å². The van der Waals surface area contributed by atoms with E-state index in [0.29, 0.717) is 22.7 Å². The quantitative estimate of drug-likeness (QED) is 0.881. The molecule has 0 saturated heterocycles. The molecule has 4 nitrogen and oxygen atoms in total. The van der Waals surface area contributed by atoms with Crippen LogP contribution in [-0.2, 0) is 4.79 Å². The van der Waals surface area contributed by atoms with Gasteiger partial charge < -0.3 is 14.8 Å². The van der Waals surface area contributed by atoms with Crippen LogP contribution in [0.1, 0.15) is 5.56 Å². The highest BCUT2D eigenvalue weighted by atomic mass is 19.1. The molecule has 1 N–H and O–H groups in total. The Kier molecular flexibility index (Phi) is 3.55. The minimum atomic E-state index is -0.371. The first-order valence-corrected chi connectivity index (χ1v) is 6.35. The highest BCUT2D eigenvalue weighted by Crippen LogP contribution is 2.34. The number of benzene rings is 2. The molecule has 1 amide bonds. The van der Waals surface area contributed by atoms with Crippen LogP contribution in [0.25, 0.3) is 6.08 Å². The molecule has 0 bridgehead atoms. The van der Waals surface area contributed by atoms with E-state index in [1.54, 1.807) is 36.4 Å². The number of carbonyl (C=O) groups excluding carboxylic acids is 1. The maximum Gasteiger partial charge on any atom is 0.248 e. The fourth-order valence-electron chi connectivity index (χ4n) is 1.93. The molecule has 0 spiro atoms. The van der Waals surface area contributed by atoms with Crippen LogP contribution in [-0.4, -0.2) is 12.7 Å². The zero-order valence-electron chi connectivity index (χ0n) is 11.0. The molecule has 1 aliphatic rings. The van der Waals surface area contributed by atoms with Crippen LogP contribution in [0.2, 0.25) is 0 Å². The first-order valence-electron chi connectivity index (χ1n) is 6.35. The third kappa shape index (κ3) is 3.02. The van der Waals surface area contributed by atoms with Gasteiger partial charge in [-0.1, -0.05) is 18.2 Å². The van der Waals surface area contributed by atoms with Crippen molar-refractivity contribution >= 4 is 17.7 Å². The summed E-state index contributed by atoms with van der Waals surface area (Å²) in [5.74, 6) is 0.516. The van der Waals surface area contributed by atoms with Gasteiger partial charge in [0.05, 0.1) is 0 Å². The monoisotopic (exact) mass is 285 g/mol. The van der Waals surface area contributed by atoms with Gasteiger partial charge >= 0.3 is 0 Å². The summed E-state index contributed by atoms with van der Waals surface area (Å²) in [7, 11) is 0. The van der Waals surface area contributed by atoms with Gasteiger partial charge in [0.15, 0.2) is 11.5 Å². The second kappa shape index (κ2) is 5.66. The highest BCUT2D eigenvalue weighted by molar-refractivity contribution is 6.02. The van der Waals surface area contributed by atoms with E-state index in [-0.39, 0.29) is 18.5 Å². The SMILES string of the molecule is O=C(/C=C/c1ccccc1F)Nc1ccc2c(c1)OCO2. The summed E-state index contributed by atoms with van der Waals surface area (Å²) in [5, 5.41) is 2.68. The Morgan fingerprint density at radius 3 is 2.81 bits per heavy atom. The van der Waals surface area contributed by atoms with Gasteiger partial charge in [-0.25, -0.2) is 4.39 Å². The number of amides is 1. The zero-order valence-corrected chi connectivity index (χ0v) is 11.0. The molecule has 0 fully saturated rings. The summed E-state index contributed by atoms with van der Waals surface area (Å²) in [6.45, 7) is 0.180. The predicted molar refractivity (Wildman–Crippen MR) is 76.6 cm³/mol.